The van der Waals surface area contributed by atoms with E-state index in [1.54, 1.807) is 27.7 Å². The lowest BCUT2D eigenvalue weighted by atomic mass is 10.1. The molecule has 0 fully saturated rings. The zero-order valence-corrected chi connectivity index (χ0v) is 12.0. The van der Waals surface area contributed by atoms with Gasteiger partial charge in [-0.2, -0.15) is 0 Å². The van der Waals surface area contributed by atoms with Crippen LogP contribution >= 0.6 is 0 Å². The number of benzene rings is 1. The highest BCUT2D eigenvalue weighted by molar-refractivity contribution is 6.40. The van der Waals surface area contributed by atoms with E-state index in [2.05, 4.69) is 0 Å². The molecule has 5 nitrogen and oxygen atoms in total. The van der Waals surface area contributed by atoms with Crippen LogP contribution < -0.4 is 0 Å². The molecular formula is C15H18O5. The molecule has 0 heterocycles. The minimum Gasteiger partial charge on any atom is -0.459 e. The van der Waals surface area contributed by atoms with Crippen LogP contribution in [0.15, 0.2) is 24.3 Å². The number of carbonyl (C=O) groups excluding carboxylic acids is 3. The molecule has 0 saturated heterocycles. The largest absolute Gasteiger partial charge is 0.459 e. The van der Waals surface area contributed by atoms with Crippen molar-refractivity contribution in [1.29, 1.82) is 0 Å². The van der Waals surface area contributed by atoms with E-state index in [4.69, 9.17) is 9.47 Å². The number of hydrogen-bond donors (Lipinski definition) is 0. The molecule has 1 rings (SSSR count). The molecule has 0 spiro atoms. The SMILES string of the molecule is CC(C)OC(=O)C(=O)c1ccc(C(=O)OC(C)C)cc1. The van der Waals surface area contributed by atoms with Crippen LogP contribution in [-0.4, -0.2) is 29.9 Å². The van der Waals surface area contributed by atoms with Crippen LogP contribution in [0.3, 0.4) is 0 Å². The quantitative estimate of drug-likeness (QED) is 0.470. The normalized spacial score (nSPS) is 10.5. The molecule has 0 bridgehead atoms. The lowest BCUT2D eigenvalue weighted by Crippen LogP contribution is -2.21. The molecule has 1 aromatic rings. The molecule has 0 aliphatic rings. The summed E-state index contributed by atoms with van der Waals surface area (Å²) in [5.74, 6) is -2.11. The number of ketones is 1. The van der Waals surface area contributed by atoms with E-state index in [0.717, 1.165) is 0 Å². The van der Waals surface area contributed by atoms with Gasteiger partial charge in [0.2, 0.25) is 0 Å². The first-order valence-electron chi connectivity index (χ1n) is 6.37. The molecule has 0 N–H and O–H groups in total. The Hall–Kier alpha value is -2.17. The number of esters is 2. The van der Waals surface area contributed by atoms with Crippen molar-refractivity contribution in [2.45, 2.75) is 39.9 Å². The molecule has 108 valence electrons. The summed E-state index contributed by atoms with van der Waals surface area (Å²) in [6.07, 6.45) is -0.573. The summed E-state index contributed by atoms with van der Waals surface area (Å²) in [6, 6.07) is 5.70. The lowest BCUT2D eigenvalue weighted by molar-refractivity contribution is -0.141. The van der Waals surface area contributed by atoms with Crippen molar-refractivity contribution in [3.63, 3.8) is 0 Å². The zero-order valence-electron chi connectivity index (χ0n) is 12.0. The first kappa shape index (κ1) is 15.9. The maximum absolute atomic E-state index is 11.7. The predicted molar refractivity (Wildman–Crippen MR) is 72.6 cm³/mol. The highest BCUT2D eigenvalue weighted by atomic mass is 16.5. The first-order valence-corrected chi connectivity index (χ1v) is 6.37. The first-order chi connectivity index (χ1) is 9.31. The van der Waals surface area contributed by atoms with Crippen molar-refractivity contribution in [3.05, 3.63) is 35.4 Å². The molecule has 0 aliphatic heterocycles. The molecule has 0 saturated carbocycles. The predicted octanol–water partition coefficient (Wildman–Crippen LogP) is 2.39. The van der Waals surface area contributed by atoms with E-state index in [1.165, 1.54) is 24.3 Å². The van der Waals surface area contributed by atoms with E-state index in [1.807, 2.05) is 0 Å². The van der Waals surface area contributed by atoms with Gasteiger partial charge >= 0.3 is 11.9 Å². The zero-order chi connectivity index (χ0) is 15.3. The van der Waals surface area contributed by atoms with Gasteiger partial charge < -0.3 is 9.47 Å². The summed E-state index contributed by atoms with van der Waals surface area (Å²) in [5.41, 5.74) is 0.504. The number of rotatable bonds is 5. The van der Waals surface area contributed by atoms with E-state index < -0.39 is 17.7 Å². The van der Waals surface area contributed by atoms with Crippen molar-refractivity contribution >= 4 is 17.7 Å². The van der Waals surface area contributed by atoms with Gasteiger partial charge in [0, 0.05) is 5.56 Å². The Morgan fingerprint density at radius 2 is 1.25 bits per heavy atom. The Balaban J connectivity index is 2.78. The number of Topliss-reactive ketones (excluding diaryl/α,β-unsaturated/α-hetero) is 1. The van der Waals surface area contributed by atoms with Gasteiger partial charge in [0.05, 0.1) is 17.8 Å². The van der Waals surface area contributed by atoms with Gasteiger partial charge in [0.25, 0.3) is 5.78 Å². The van der Waals surface area contributed by atoms with Crippen molar-refractivity contribution in [2.24, 2.45) is 0 Å². The maximum atomic E-state index is 11.7. The molecule has 0 atom stereocenters. The molecule has 0 amide bonds. The second kappa shape index (κ2) is 6.84. The fraction of sp³-hybridized carbons (Fsp3) is 0.400. The minimum atomic E-state index is -0.905. The van der Waals surface area contributed by atoms with Crippen LogP contribution in [0.4, 0.5) is 0 Å². The fourth-order valence-corrected chi connectivity index (χ4v) is 1.43. The summed E-state index contributed by atoms with van der Waals surface area (Å²) >= 11 is 0. The van der Waals surface area contributed by atoms with Gasteiger partial charge in [-0.25, -0.2) is 9.59 Å². The smallest absolute Gasteiger partial charge is 0.379 e. The van der Waals surface area contributed by atoms with Crippen LogP contribution in [0.5, 0.6) is 0 Å². The van der Waals surface area contributed by atoms with Gasteiger partial charge in [-0.15, -0.1) is 0 Å². The molecule has 0 unspecified atom stereocenters. The second-order valence-electron chi connectivity index (χ2n) is 4.81. The summed E-state index contributed by atoms with van der Waals surface area (Å²) in [5, 5.41) is 0. The monoisotopic (exact) mass is 278 g/mol. The van der Waals surface area contributed by atoms with Crippen LogP contribution in [0, 0.1) is 0 Å². The van der Waals surface area contributed by atoms with Crippen LogP contribution in [0.1, 0.15) is 48.4 Å². The van der Waals surface area contributed by atoms with Gasteiger partial charge in [0.1, 0.15) is 0 Å². The van der Waals surface area contributed by atoms with E-state index >= 15 is 0 Å². The van der Waals surface area contributed by atoms with Crippen LogP contribution in [-0.2, 0) is 14.3 Å². The minimum absolute atomic E-state index is 0.178. The molecule has 20 heavy (non-hydrogen) atoms. The number of ether oxygens (including phenoxy) is 2. The highest BCUT2D eigenvalue weighted by Gasteiger charge is 2.19. The molecule has 0 aromatic heterocycles. The molecular weight excluding hydrogens is 260 g/mol. The fourth-order valence-electron chi connectivity index (χ4n) is 1.43. The standard InChI is InChI=1S/C15H18O5/c1-9(2)19-14(17)12-7-5-11(6-8-12)13(16)15(18)20-10(3)4/h5-10H,1-4H3. The van der Waals surface area contributed by atoms with Crippen molar-refractivity contribution in [2.75, 3.05) is 0 Å². The van der Waals surface area contributed by atoms with Gasteiger partial charge in [-0.3, -0.25) is 4.79 Å². The highest BCUT2D eigenvalue weighted by Crippen LogP contribution is 2.09. The lowest BCUT2D eigenvalue weighted by Gasteiger charge is -2.09. The average Bonchev–Trinajstić information content (AvgIpc) is 2.36. The van der Waals surface area contributed by atoms with E-state index in [0.29, 0.717) is 5.56 Å². The average molecular weight is 278 g/mol. The van der Waals surface area contributed by atoms with Gasteiger partial charge in [0.15, 0.2) is 0 Å². The molecule has 5 heteroatoms. The third-order valence-electron chi connectivity index (χ3n) is 2.25. The second-order valence-corrected chi connectivity index (χ2v) is 4.81. The number of hydrogen-bond acceptors (Lipinski definition) is 5. The Kier molecular flexibility index (Phi) is 5.43. The van der Waals surface area contributed by atoms with Crippen molar-refractivity contribution in [3.8, 4) is 0 Å². The molecule has 0 aliphatic carbocycles. The van der Waals surface area contributed by atoms with Crippen molar-refractivity contribution < 1.29 is 23.9 Å². The maximum Gasteiger partial charge on any atom is 0.379 e. The van der Waals surface area contributed by atoms with E-state index in [-0.39, 0.29) is 17.8 Å². The summed E-state index contributed by atoms with van der Waals surface area (Å²) < 4.78 is 9.84. The number of carbonyl (C=O) groups is 3. The topological polar surface area (TPSA) is 69.7 Å². The summed E-state index contributed by atoms with van der Waals surface area (Å²) in [6.45, 7) is 6.82. The Labute approximate surface area is 117 Å². The van der Waals surface area contributed by atoms with E-state index in [9.17, 15) is 14.4 Å². The summed E-state index contributed by atoms with van der Waals surface area (Å²) in [7, 11) is 0. The third-order valence-corrected chi connectivity index (χ3v) is 2.25. The van der Waals surface area contributed by atoms with Crippen LogP contribution in [0.25, 0.3) is 0 Å². The van der Waals surface area contributed by atoms with Crippen LogP contribution in [0.2, 0.25) is 0 Å². The van der Waals surface area contributed by atoms with Gasteiger partial charge in [-0.05, 0) is 52.0 Å². The van der Waals surface area contributed by atoms with Crippen molar-refractivity contribution in [1.82, 2.24) is 0 Å². The molecule has 1 aromatic carbocycles. The summed E-state index contributed by atoms with van der Waals surface area (Å²) in [4.78, 5) is 34.8. The third kappa shape index (κ3) is 4.50. The Morgan fingerprint density at radius 1 is 0.800 bits per heavy atom. The van der Waals surface area contributed by atoms with Gasteiger partial charge in [-0.1, -0.05) is 0 Å². The molecule has 0 radical (unpaired) electrons. The Morgan fingerprint density at radius 3 is 1.70 bits per heavy atom. The Bertz CT molecular complexity index is 500.